The van der Waals surface area contributed by atoms with E-state index in [1.165, 1.54) is 6.92 Å². The number of ether oxygens (including phenoxy) is 1. The van der Waals surface area contributed by atoms with Gasteiger partial charge in [0.15, 0.2) is 5.78 Å². The van der Waals surface area contributed by atoms with E-state index in [4.69, 9.17) is 0 Å². The first-order valence-electron chi connectivity index (χ1n) is 4.04. The van der Waals surface area contributed by atoms with E-state index in [0.29, 0.717) is 0 Å². The summed E-state index contributed by atoms with van der Waals surface area (Å²) in [6, 6.07) is 0. The second-order valence-corrected chi connectivity index (χ2v) is 2.62. The smallest absolute Gasteiger partial charge is 0.450 e. The van der Waals surface area contributed by atoms with Crippen LogP contribution in [0.3, 0.4) is 0 Å². The number of carbonyl (C=O) groups excluding carboxylic acids is 3. The van der Waals surface area contributed by atoms with Crippen LogP contribution in [0.1, 0.15) is 19.8 Å². The summed E-state index contributed by atoms with van der Waals surface area (Å²) in [5.41, 5.74) is 0. The molecular formula is C8H9F3O4. The van der Waals surface area contributed by atoms with Gasteiger partial charge in [-0.3, -0.25) is 14.4 Å². The minimum absolute atomic E-state index is 0.0271. The highest BCUT2D eigenvalue weighted by molar-refractivity contribution is 6.07. The molecule has 0 aliphatic heterocycles. The maximum atomic E-state index is 11.7. The summed E-state index contributed by atoms with van der Waals surface area (Å²) >= 11 is 0. The number of halogens is 3. The molecule has 0 saturated carbocycles. The Kier molecular flexibility index (Phi) is 4.96. The molecule has 0 rings (SSSR count). The SMILES string of the molecule is CCOC(=O)CC(=O)CC(=O)C(F)(F)F. The van der Waals surface area contributed by atoms with Crippen molar-refractivity contribution in [3.05, 3.63) is 0 Å². The molecule has 0 atom stereocenters. The summed E-state index contributed by atoms with van der Waals surface area (Å²) < 4.78 is 39.4. The predicted octanol–water partition coefficient (Wildman–Crippen LogP) is 1.03. The summed E-state index contributed by atoms with van der Waals surface area (Å²) in [6.45, 7) is 1.52. The van der Waals surface area contributed by atoms with Crippen molar-refractivity contribution >= 4 is 17.5 Å². The van der Waals surface area contributed by atoms with Gasteiger partial charge in [0.25, 0.3) is 0 Å². The van der Waals surface area contributed by atoms with Gasteiger partial charge in [0.2, 0.25) is 5.78 Å². The summed E-state index contributed by atoms with van der Waals surface area (Å²) in [5, 5.41) is 0. The fourth-order valence-corrected chi connectivity index (χ4v) is 0.715. The lowest BCUT2D eigenvalue weighted by atomic mass is 10.1. The van der Waals surface area contributed by atoms with E-state index < -0.39 is 36.6 Å². The van der Waals surface area contributed by atoms with Gasteiger partial charge in [0.05, 0.1) is 13.0 Å². The monoisotopic (exact) mass is 226 g/mol. The van der Waals surface area contributed by atoms with Crippen LogP contribution in [0.5, 0.6) is 0 Å². The van der Waals surface area contributed by atoms with Crippen LogP contribution < -0.4 is 0 Å². The van der Waals surface area contributed by atoms with Crippen LogP contribution in [0.4, 0.5) is 13.2 Å². The van der Waals surface area contributed by atoms with Crippen molar-refractivity contribution in [1.29, 1.82) is 0 Å². The minimum atomic E-state index is -5.04. The van der Waals surface area contributed by atoms with E-state index in [9.17, 15) is 27.6 Å². The van der Waals surface area contributed by atoms with Crippen LogP contribution >= 0.6 is 0 Å². The molecule has 0 saturated heterocycles. The number of hydrogen-bond acceptors (Lipinski definition) is 4. The largest absolute Gasteiger partial charge is 0.466 e. The predicted molar refractivity (Wildman–Crippen MR) is 41.9 cm³/mol. The average Bonchev–Trinajstić information content (AvgIpc) is 2.01. The molecule has 0 heterocycles. The lowest BCUT2D eigenvalue weighted by Crippen LogP contribution is -2.26. The Morgan fingerprint density at radius 1 is 1.13 bits per heavy atom. The molecule has 0 unspecified atom stereocenters. The zero-order valence-electron chi connectivity index (χ0n) is 7.89. The molecule has 0 N–H and O–H groups in total. The number of carbonyl (C=O) groups is 3. The van der Waals surface area contributed by atoms with E-state index in [1.807, 2.05) is 0 Å². The third-order valence-electron chi connectivity index (χ3n) is 1.32. The number of rotatable bonds is 5. The van der Waals surface area contributed by atoms with Crippen molar-refractivity contribution in [2.24, 2.45) is 0 Å². The van der Waals surface area contributed by atoms with E-state index >= 15 is 0 Å². The summed E-state index contributed by atoms with van der Waals surface area (Å²) in [4.78, 5) is 31.7. The van der Waals surface area contributed by atoms with Crippen molar-refractivity contribution in [3.8, 4) is 0 Å². The van der Waals surface area contributed by atoms with Crippen molar-refractivity contribution < 1.29 is 32.3 Å². The highest BCUT2D eigenvalue weighted by Crippen LogP contribution is 2.18. The second kappa shape index (κ2) is 5.47. The normalized spacial score (nSPS) is 10.9. The quantitative estimate of drug-likeness (QED) is 0.519. The second-order valence-electron chi connectivity index (χ2n) is 2.62. The van der Waals surface area contributed by atoms with Crippen LogP contribution in [0.25, 0.3) is 0 Å². The van der Waals surface area contributed by atoms with E-state index in [1.54, 1.807) is 0 Å². The standard InChI is InChI=1S/C8H9F3O4/c1-2-15-7(14)4-5(12)3-6(13)8(9,10)11/h2-4H2,1H3. The molecule has 0 spiro atoms. The molecule has 0 aromatic carbocycles. The molecule has 15 heavy (non-hydrogen) atoms. The topological polar surface area (TPSA) is 60.4 Å². The number of esters is 1. The number of hydrogen-bond donors (Lipinski definition) is 0. The Bertz CT molecular complexity index is 270. The number of Topliss-reactive ketones (excluding diaryl/α,β-unsaturated/α-hetero) is 2. The molecule has 0 aromatic rings. The zero-order chi connectivity index (χ0) is 12.1. The van der Waals surface area contributed by atoms with E-state index in [0.717, 1.165) is 0 Å². The Morgan fingerprint density at radius 2 is 1.67 bits per heavy atom. The van der Waals surface area contributed by atoms with E-state index in [2.05, 4.69) is 4.74 Å². The van der Waals surface area contributed by atoms with Crippen LogP contribution in [0.15, 0.2) is 0 Å². The van der Waals surface area contributed by atoms with Crippen molar-refractivity contribution in [2.75, 3.05) is 6.61 Å². The van der Waals surface area contributed by atoms with Crippen LogP contribution in [-0.2, 0) is 19.1 Å². The molecule has 0 fully saturated rings. The Hall–Kier alpha value is -1.40. The van der Waals surface area contributed by atoms with Gasteiger partial charge in [-0.15, -0.1) is 0 Å². The lowest BCUT2D eigenvalue weighted by Gasteiger charge is -2.04. The van der Waals surface area contributed by atoms with Gasteiger partial charge in [-0.25, -0.2) is 0 Å². The molecule has 0 radical (unpaired) electrons. The minimum Gasteiger partial charge on any atom is -0.466 e. The van der Waals surface area contributed by atoms with Gasteiger partial charge >= 0.3 is 12.1 Å². The maximum Gasteiger partial charge on any atom is 0.450 e. The third kappa shape index (κ3) is 5.82. The highest BCUT2D eigenvalue weighted by Gasteiger charge is 2.39. The molecule has 4 nitrogen and oxygen atoms in total. The molecule has 7 heteroatoms. The summed E-state index contributed by atoms with van der Waals surface area (Å²) in [5.74, 6) is -4.19. The fraction of sp³-hybridized carbons (Fsp3) is 0.625. The Labute approximate surface area is 83.4 Å². The lowest BCUT2D eigenvalue weighted by molar-refractivity contribution is -0.172. The summed E-state index contributed by atoms with van der Waals surface area (Å²) in [6.07, 6.45) is -7.16. The average molecular weight is 226 g/mol. The van der Waals surface area contributed by atoms with E-state index in [-0.39, 0.29) is 6.61 Å². The molecule has 0 aliphatic rings. The Morgan fingerprint density at radius 3 is 2.07 bits per heavy atom. The van der Waals surface area contributed by atoms with Crippen LogP contribution in [0.2, 0.25) is 0 Å². The van der Waals surface area contributed by atoms with Crippen LogP contribution in [-0.4, -0.2) is 30.3 Å². The first-order valence-corrected chi connectivity index (χ1v) is 4.04. The Balaban J connectivity index is 4.05. The van der Waals surface area contributed by atoms with Gasteiger partial charge < -0.3 is 4.74 Å². The highest BCUT2D eigenvalue weighted by atomic mass is 19.4. The number of alkyl halides is 3. The molecule has 86 valence electrons. The van der Waals surface area contributed by atoms with Crippen LogP contribution in [0, 0.1) is 0 Å². The van der Waals surface area contributed by atoms with Crippen molar-refractivity contribution in [2.45, 2.75) is 25.9 Å². The molecular weight excluding hydrogens is 217 g/mol. The van der Waals surface area contributed by atoms with Crippen molar-refractivity contribution in [1.82, 2.24) is 0 Å². The van der Waals surface area contributed by atoms with Gasteiger partial charge in [0.1, 0.15) is 6.42 Å². The first kappa shape index (κ1) is 13.6. The van der Waals surface area contributed by atoms with Gasteiger partial charge in [-0.05, 0) is 6.92 Å². The fourth-order valence-electron chi connectivity index (χ4n) is 0.715. The molecule has 0 aliphatic carbocycles. The van der Waals surface area contributed by atoms with Crippen molar-refractivity contribution in [3.63, 3.8) is 0 Å². The molecule has 0 bridgehead atoms. The van der Waals surface area contributed by atoms with Gasteiger partial charge in [-0.2, -0.15) is 13.2 Å². The van der Waals surface area contributed by atoms with Gasteiger partial charge in [-0.1, -0.05) is 0 Å². The zero-order valence-corrected chi connectivity index (χ0v) is 7.89. The molecule has 0 amide bonds. The third-order valence-corrected chi connectivity index (χ3v) is 1.32. The maximum absolute atomic E-state index is 11.7. The van der Waals surface area contributed by atoms with Gasteiger partial charge in [0, 0.05) is 0 Å². The summed E-state index contributed by atoms with van der Waals surface area (Å²) in [7, 11) is 0. The first-order chi connectivity index (χ1) is 6.77. The number of ketones is 2. The molecule has 0 aromatic heterocycles.